The lowest BCUT2D eigenvalue weighted by atomic mass is 9.86. The van der Waals surface area contributed by atoms with Crippen LogP contribution in [0.5, 0.6) is 5.75 Å². The van der Waals surface area contributed by atoms with E-state index in [0.717, 1.165) is 60.3 Å². The molecule has 1 aliphatic carbocycles. The molecule has 1 fully saturated rings. The minimum atomic E-state index is 0. The van der Waals surface area contributed by atoms with Gasteiger partial charge < -0.3 is 10.1 Å². The number of rotatable bonds is 3. The largest absolute Gasteiger partial charge is 0.490 e. The van der Waals surface area contributed by atoms with Gasteiger partial charge in [-0.1, -0.05) is 11.6 Å². The first-order valence-electron chi connectivity index (χ1n) is 10.3. The molecule has 2 aliphatic rings. The number of nitrogens with one attached hydrogen (secondary N) is 1. The van der Waals surface area contributed by atoms with Crippen LogP contribution in [0.1, 0.15) is 54.4 Å². The van der Waals surface area contributed by atoms with E-state index in [0.29, 0.717) is 18.0 Å². The van der Waals surface area contributed by atoms with Gasteiger partial charge in [0.25, 0.3) is 0 Å². The van der Waals surface area contributed by atoms with Gasteiger partial charge in [-0.2, -0.15) is 5.26 Å². The SMILES string of the molecule is Cl.N#Cc1ccc(OC2CCC(c3nnc4n3-c3ccc(Cl)cc3CNC4)CC2)cc1. The molecule has 0 radical (unpaired) electrons. The quantitative estimate of drug-likeness (QED) is 0.606. The van der Waals surface area contributed by atoms with Crippen LogP contribution in [0.4, 0.5) is 0 Å². The molecule has 0 spiro atoms. The predicted molar refractivity (Wildman–Crippen MR) is 121 cm³/mol. The average Bonchev–Trinajstić information content (AvgIpc) is 3.10. The third kappa shape index (κ3) is 4.40. The number of halogens is 2. The zero-order chi connectivity index (χ0) is 20.5. The van der Waals surface area contributed by atoms with Crippen molar-refractivity contribution in [2.45, 2.75) is 50.8 Å². The molecular weight excluding hydrogens is 433 g/mol. The first-order chi connectivity index (χ1) is 14.7. The van der Waals surface area contributed by atoms with E-state index in [1.54, 1.807) is 12.1 Å². The standard InChI is InChI=1S/C23H22ClN5O.ClH/c24-18-5-10-21-17(11-18)13-26-14-22-27-28-23(29(21)22)16-3-8-20(9-4-16)30-19-6-1-15(12-25)2-7-19;/h1-2,5-7,10-11,16,20,26H,3-4,8-9,13-14H2;1H. The number of hydrogen-bond donors (Lipinski definition) is 1. The highest BCUT2D eigenvalue weighted by molar-refractivity contribution is 6.30. The zero-order valence-electron chi connectivity index (χ0n) is 16.9. The van der Waals surface area contributed by atoms with Gasteiger partial charge in [-0.05, 0) is 73.7 Å². The average molecular weight is 456 g/mol. The first-order valence-corrected chi connectivity index (χ1v) is 10.7. The van der Waals surface area contributed by atoms with Crippen molar-refractivity contribution < 1.29 is 4.74 Å². The normalized spacial score (nSPS) is 19.9. The second kappa shape index (κ2) is 9.27. The summed E-state index contributed by atoms with van der Waals surface area (Å²) >= 11 is 6.22. The maximum atomic E-state index is 8.93. The summed E-state index contributed by atoms with van der Waals surface area (Å²) in [5.41, 5.74) is 2.94. The van der Waals surface area contributed by atoms with Gasteiger partial charge in [0.05, 0.1) is 30.0 Å². The predicted octanol–water partition coefficient (Wildman–Crippen LogP) is 4.92. The second-order valence-electron chi connectivity index (χ2n) is 7.91. The van der Waals surface area contributed by atoms with Gasteiger partial charge in [0.15, 0.2) is 5.82 Å². The van der Waals surface area contributed by atoms with Crippen LogP contribution >= 0.6 is 24.0 Å². The molecule has 0 unspecified atom stereocenters. The Balaban J connectivity index is 0.00000231. The van der Waals surface area contributed by atoms with Gasteiger partial charge in [0.1, 0.15) is 11.6 Å². The van der Waals surface area contributed by atoms with E-state index < -0.39 is 0 Å². The van der Waals surface area contributed by atoms with Crippen molar-refractivity contribution in [3.05, 3.63) is 70.3 Å². The Morgan fingerprint density at radius 2 is 1.81 bits per heavy atom. The molecule has 160 valence electrons. The molecule has 5 rings (SSSR count). The Morgan fingerprint density at radius 1 is 1.03 bits per heavy atom. The Morgan fingerprint density at radius 3 is 2.55 bits per heavy atom. The Hall–Kier alpha value is -2.59. The lowest BCUT2D eigenvalue weighted by Crippen LogP contribution is -2.25. The maximum absolute atomic E-state index is 8.93. The lowest BCUT2D eigenvalue weighted by molar-refractivity contribution is 0.144. The number of aromatic nitrogens is 3. The van der Waals surface area contributed by atoms with E-state index in [1.807, 2.05) is 24.3 Å². The maximum Gasteiger partial charge on any atom is 0.151 e. The molecule has 1 aliphatic heterocycles. The van der Waals surface area contributed by atoms with Gasteiger partial charge in [0.2, 0.25) is 0 Å². The van der Waals surface area contributed by atoms with Gasteiger partial charge in [-0.3, -0.25) is 4.57 Å². The molecule has 0 atom stereocenters. The van der Waals surface area contributed by atoms with Gasteiger partial charge >= 0.3 is 0 Å². The van der Waals surface area contributed by atoms with Gasteiger partial charge in [0, 0.05) is 17.5 Å². The van der Waals surface area contributed by atoms with Gasteiger partial charge in [-0.15, -0.1) is 22.6 Å². The zero-order valence-corrected chi connectivity index (χ0v) is 18.5. The Bertz CT molecular complexity index is 1100. The molecule has 1 N–H and O–H groups in total. The summed E-state index contributed by atoms with van der Waals surface area (Å²) < 4.78 is 8.37. The van der Waals surface area contributed by atoms with E-state index in [-0.39, 0.29) is 18.5 Å². The number of nitriles is 1. The van der Waals surface area contributed by atoms with Crippen molar-refractivity contribution in [2.75, 3.05) is 0 Å². The summed E-state index contributed by atoms with van der Waals surface area (Å²) in [6.45, 7) is 1.46. The lowest BCUT2D eigenvalue weighted by Gasteiger charge is -2.29. The number of fused-ring (bicyclic) bond motifs is 3. The van der Waals surface area contributed by atoms with E-state index in [4.69, 9.17) is 21.6 Å². The molecule has 0 bridgehead atoms. The summed E-state index contributed by atoms with van der Waals surface area (Å²) in [4.78, 5) is 0. The third-order valence-electron chi connectivity index (χ3n) is 5.96. The van der Waals surface area contributed by atoms with Crippen molar-refractivity contribution in [1.82, 2.24) is 20.1 Å². The molecule has 8 heteroatoms. The third-order valence-corrected chi connectivity index (χ3v) is 6.20. The van der Waals surface area contributed by atoms with Crippen molar-refractivity contribution in [3.8, 4) is 17.5 Å². The molecule has 1 saturated carbocycles. The van der Waals surface area contributed by atoms with E-state index in [9.17, 15) is 0 Å². The van der Waals surface area contributed by atoms with Gasteiger partial charge in [-0.25, -0.2) is 0 Å². The number of ether oxygens (including phenoxy) is 1. The fraction of sp³-hybridized carbons (Fsp3) is 0.348. The molecule has 31 heavy (non-hydrogen) atoms. The molecule has 3 aromatic rings. The minimum absolute atomic E-state index is 0. The first kappa shape index (κ1) is 21.6. The highest BCUT2D eigenvalue weighted by atomic mass is 35.5. The second-order valence-corrected chi connectivity index (χ2v) is 8.35. The summed E-state index contributed by atoms with van der Waals surface area (Å²) in [7, 11) is 0. The molecule has 1 aromatic heterocycles. The Kier molecular flexibility index (Phi) is 6.47. The molecular formula is C23H23Cl2N5O. The monoisotopic (exact) mass is 455 g/mol. The summed E-state index contributed by atoms with van der Waals surface area (Å²) in [6, 6.07) is 15.5. The van der Waals surface area contributed by atoms with Crippen LogP contribution in [-0.2, 0) is 13.1 Å². The molecule has 2 aromatic carbocycles. The highest BCUT2D eigenvalue weighted by Gasteiger charge is 2.30. The van der Waals surface area contributed by atoms with Crippen LogP contribution < -0.4 is 10.1 Å². The van der Waals surface area contributed by atoms with Crippen molar-refractivity contribution in [3.63, 3.8) is 0 Å². The fourth-order valence-corrected chi connectivity index (χ4v) is 4.63. The summed E-state index contributed by atoms with van der Waals surface area (Å²) in [5, 5.41) is 22.2. The van der Waals surface area contributed by atoms with Crippen molar-refractivity contribution in [2.24, 2.45) is 0 Å². The van der Waals surface area contributed by atoms with Crippen LogP contribution in [0.25, 0.3) is 5.69 Å². The van der Waals surface area contributed by atoms with Crippen molar-refractivity contribution >= 4 is 24.0 Å². The van der Waals surface area contributed by atoms with E-state index in [1.165, 1.54) is 5.56 Å². The fourth-order valence-electron chi connectivity index (χ4n) is 4.43. The number of nitrogens with zero attached hydrogens (tertiary/aromatic N) is 4. The van der Waals surface area contributed by atoms with Crippen LogP contribution in [0.3, 0.4) is 0 Å². The smallest absolute Gasteiger partial charge is 0.151 e. The topological polar surface area (TPSA) is 75.8 Å². The van der Waals surface area contributed by atoms with Crippen molar-refractivity contribution in [1.29, 1.82) is 5.26 Å². The Labute approximate surface area is 192 Å². The summed E-state index contributed by atoms with van der Waals surface area (Å²) in [6.07, 6.45) is 4.15. The minimum Gasteiger partial charge on any atom is -0.490 e. The molecule has 2 heterocycles. The molecule has 0 amide bonds. The number of benzene rings is 2. The highest BCUT2D eigenvalue weighted by Crippen LogP contribution is 2.36. The number of hydrogen-bond acceptors (Lipinski definition) is 5. The molecule has 6 nitrogen and oxygen atoms in total. The van der Waals surface area contributed by atoms with E-state index >= 15 is 0 Å². The summed E-state index contributed by atoms with van der Waals surface area (Å²) in [5.74, 6) is 3.16. The van der Waals surface area contributed by atoms with Crippen LogP contribution in [0.15, 0.2) is 42.5 Å². The van der Waals surface area contributed by atoms with Crippen LogP contribution in [-0.4, -0.2) is 20.9 Å². The van der Waals surface area contributed by atoms with Crippen LogP contribution in [0, 0.1) is 11.3 Å². The van der Waals surface area contributed by atoms with E-state index in [2.05, 4.69) is 32.2 Å². The van der Waals surface area contributed by atoms with Crippen LogP contribution in [0.2, 0.25) is 5.02 Å². The molecule has 0 saturated heterocycles.